The number of hydrogen-bond donors (Lipinski definition) is 0. The summed E-state index contributed by atoms with van der Waals surface area (Å²) in [6.07, 6.45) is 0.0392. The van der Waals surface area contributed by atoms with Crippen LogP contribution in [0.15, 0.2) is 18.2 Å². The van der Waals surface area contributed by atoms with Gasteiger partial charge >= 0.3 is 0 Å². The molecule has 0 amide bonds. The van der Waals surface area contributed by atoms with Crippen LogP contribution in [-0.4, -0.2) is 0 Å². The molecule has 0 aromatic heterocycles. The molecule has 0 fully saturated rings. The fraction of sp³-hybridized carbons (Fsp3) is 0.111. The Labute approximate surface area is 69.5 Å². The standard InChI is InChI=1S/C9H5FN2/c10-9-5-7(6-12)1-2-8(9)3-4-11/h1-2,5H,3H2. The predicted molar refractivity (Wildman–Crippen MR) is 40.4 cm³/mol. The molecule has 1 aromatic carbocycles. The molecule has 2 nitrogen and oxygen atoms in total. The van der Waals surface area contributed by atoms with Crippen molar-refractivity contribution in [2.45, 2.75) is 6.42 Å². The second-order valence-electron chi connectivity index (χ2n) is 2.25. The van der Waals surface area contributed by atoms with Crippen LogP contribution in [0.1, 0.15) is 11.1 Å². The highest BCUT2D eigenvalue weighted by atomic mass is 19.1. The second kappa shape index (κ2) is 3.50. The van der Waals surface area contributed by atoms with Crippen LogP contribution in [0.3, 0.4) is 0 Å². The minimum Gasteiger partial charge on any atom is -0.207 e. The molecular formula is C9H5FN2. The smallest absolute Gasteiger partial charge is 0.128 e. The van der Waals surface area contributed by atoms with Crippen molar-refractivity contribution in [1.82, 2.24) is 0 Å². The van der Waals surface area contributed by atoms with E-state index in [0.717, 1.165) is 6.07 Å². The highest BCUT2D eigenvalue weighted by Crippen LogP contribution is 2.09. The first-order valence-corrected chi connectivity index (χ1v) is 3.33. The molecule has 0 aliphatic heterocycles. The van der Waals surface area contributed by atoms with Crippen LogP contribution in [0.25, 0.3) is 0 Å². The van der Waals surface area contributed by atoms with Gasteiger partial charge in [0.15, 0.2) is 0 Å². The third kappa shape index (κ3) is 1.59. The van der Waals surface area contributed by atoms with Crippen LogP contribution in [0.5, 0.6) is 0 Å². The van der Waals surface area contributed by atoms with Gasteiger partial charge in [0.1, 0.15) is 5.82 Å². The van der Waals surface area contributed by atoms with Gasteiger partial charge in [-0.25, -0.2) is 4.39 Å². The molecule has 1 rings (SSSR count). The average molecular weight is 160 g/mol. The van der Waals surface area contributed by atoms with E-state index < -0.39 is 5.82 Å². The van der Waals surface area contributed by atoms with Crippen molar-refractivity contribution < 1.29 is 4.39 Å². The Morgan fingerprint density at radius 3 is 2.58 bits per heavy atom. The van der Waals surface area contributed by atoms with Crippen LogP contribution in [-0.2, 0) is 6.42 Å². The van der Waals surface area contributed by atoms with E-state index in [1.165, 1.54) is 12.1 Å². The molecule has 0 saturated heterocycles. The van der Waals surface area contributed by atoms with Crippen LogP contribution in [0.4, 0.5) is 4.39 Å². The topological polar surface area (TPSA) is 47.6 Å². The maximum atomic E-state index is 12.9. The summed E-state index contributed by atoms with van der Waals surface area (Å²) in [5.41, 5.74) is 0.602. The largest absolute Gasteiger partial charge is 0.207 e. The summed E-state index contributed by atoms with van der Waals surface area (Å²) in [5, 5.41) is 16.7. The monoisotopic (exact) mass is 160 g/mol. The molecule has 0 radical (unpaired) electrons. The summed E-state index contributed by atoms with van der Waals surface area (Å²) >= 11 is 0. The molecule has 0 aliphatic rings. The van der Waals surface area contributed by atoms with Crippen molar-refractivity contribution in [3.05, 3.63) is 35.1 Å². The van der Waals surface area contributed by atoms with E-state index in [4.69, 9.17) is 10.5 Å². The van der Waals surface area contributed by atoms with Crippen LogP contribution in [0, 0.1) is 28.5 Å². The van der Waals surface area contributed by atoms with Gasteiger partial charge < -0.3 is 0 Å². The fourth-order valence-electron chi connectivity index (χ4n) is 0.845. The molecule has 0 aliphatic carbocycles. The van der Waals surface area contributed by atoms with Crippen molar-refractivity contribution in [3.8, 4) is 12.1 Å². The molecular weight excluding hydrogens is 155 g/mol. The minimum atomic E-state index is -0.490. The minimum absolute atomic E-state index is 0.0392. The van der Waals surface area contributed by atoms with E-state index in [-0.39, 0.29) is 12.0 Å². The Morgan fingerprint density at radius 1 is 1.33 bits per heavy atom. The van der Waals surface area contributed by atoms with E-state index in [0.29, 0.717) is 5.56 Å². The molecule has 58 valence electrons. The van der Waals surface area contributed by atoms with Gasteiger partial charge in [-0.2, -0.15) is 10.5 Å². The van der Waals surface area contributed by atoms with Gasteiger partial charge in [-0.1, -0.05) is 6.07 Å². The van der Waals surface area contributed by atoms with E-state index >= 15 is 0 Å². The van der Waals surface area contributed by atoms with E-state index in [9.17, 15) is 4.39 Å². The number of rotatable bonds is 1. The van der Waals surface area contributed by atoms with Crippen molar-refractivity contribution in [2.24, 2.45) is 0 Å². The fourth-order valence-corrected chi connectivity index (χ4v) is 0.845. The van der Waals surface area contributed by atoms with Gasteiger partial charge in [-0.05, 0) is 12.1 Å². The summed E-state index contributed by atoms with van der Waals surface area (Å²) < 4.78 is 12.9. The second-order valence-corrected chi connectivity index (χ2v) is 2.25. The molecule has 0 atom stereocenters. The van der Waals surface area contributed by atoms with Crippen molar-refractivity contribution in [3.63, 3.8) is 0 Å². The lowest BCUT2D eigenvalue weighted by Crippen LogP contribution is -1.89. The third-order valence-electron chi connectivity index (χ3n) is 1.45. The van der Waals surface area contributed by atoms with Gasteiger partial charge in [-0.3, -0.25) is 0 Å². The summed E-state index contributed by atoms with van der Waals surface area (Å²) in [4.78, 5) is 0. The van der Waals surface area contributed by atoms with Crippen molar-refractivity contribution in [2.75, 3.05) is 0 Å². The third-order valence-corrected chi connectivity index (χ3v) is 1.45. The zero-order chi connectivity index (χ0) is 8.97. The van der Waals surface area contributed by atoms with Gasteiger partial charge in [0.25, 0.3) is 0 Å². The highest BCUT2D eigenvalue weighted by Gasteiger charge is 2.01. The molecule has 0 bridgehead atoms. The van der Waals surface area contributed by atoms with Gasteiger partial charge in [-0.15, -0.1) is 0 Å². The quantitative estimate of drug-likeness (QED) is 0.628. The Kier molecular flexibility index (Phi) is 2.40. The Bertz CT molecular complexity index is 371. The molecule has 0 heterocycles. The van der Waals surface area contributed by atoms with E-state index in [1.807, 2.05) is 12.1 Å². The normalized spacial score (nSPS) is 8.58. The van der Waals surface area contributed by atoms with Crippen LogP contribution in [0.2, 0.25) is 0 Å². The average Bonchev–Trinajstić information content (AvgIpc) is 2.09. The Balaban J connectivity index is 3.07. The highest BCUT2D eigenvalue weighted by molar-refractivity contribution is 5.33. The molecule has 0 unspecified atom stereocenters. The maximum absolute atomic E-state index is 12.9. The lowest BCUT2D eigenvalue weighted by molar-refractivity contribution is 0.615. The lowest BCUT2D eigenvalue weighted by Gasteiger charge is -1.96. The predicted octanol–water partition coefficient (Wildman–Crippen LogP) is 1.76. The summed E-state index contributed by atoms with van der Waals surface area (Å²) in [5.74, 6) is -0.490. The Morgan fingerprint density at radius 2 is 2.08 bits per heavy atom. The number of nitriles is 2. The SMILES string of the molecule is N#CCc1ccc(C#N)cc1F. The first-order valence-electron chi connectivity index (χ1n) is 3.33. The number of halogens is 1. The zero-order valence-corrected chi connectivity index (χ0v) is 6.21. The molecule has 3 heteroatoms. The summed E-state index contributed by atoms with van der Waals surface area (Å²) in [7, 11) is 0. The number of hydrogen-bond acceptors (Lipinski definition) is 2. The number of nitrogens with zero attached hydrogens (tertiary/aromatic N) is 2. The van der Waals surface area contributed by atoms with E-state index in [2.05, 4.69) is 0 Å². The molecule has 0 N–H and O–H groups in total. The molecule has 0 saturated carbocycles. The lowest BCUT2D eigenvalue weighted by atomic mass is 10.1. The van der Waals surface area contributed by atoms with E-state index in [1.54, 1.807) is 0 Å². The summed E-state index contributed by atoms with van der Waals surface area (Å²) in [6, 6.07) is 7.74. The zero-order valence-electron chi connectivity index (χ0n) is 6.21. The summed E-state index contributed by atoms with van der Waals surface area (Å²) in [6.45, 7) is 0. The van der Waals surface area contributed by atoms with Gasteiger partial charge in [0.2, 0.25) is 0 Å². The first-order chi connectivity index (χ1) is 5.77. The van der Waals surface area contributed by atoms with Crippen LogP contribution >= 0.6 is 0 Å². The van der Waals surface area contributed by atoms with Crippen LogP contribution < -0.4 is 0 Å². The maximum Gasteiger partial charge on any atom is 0.128 e. The molecule has 0 spiro atoms. The van der Waals surface area contributed by atoms with Crippen molar-refractivity contribution in [1.29, 1.82) is 10.5 Å². The molecule has 12 heavy (non-hydrogen) atoms. The van der Waals surface area contributed by atoms with Gasteiger partial charge in [0, 0.05) is 5.56 Å². The molecule has 1 aromatic rings. The van der Waals surface area contributed by atoms with Crippen molar-refractivity contribution >= 4 is 0 Å². The van der Waals surface area contributed by atoms with Gasteiger partial charge in [0.05, 0.1) is 24.1 Å². The first kappa shape index (κ1) is 8.23. The number of benzene rings is 1. The Hall–Kier alpha value is -1.87.